The third kappa shape index (κ3) is 5.15. The van der Waals surface area contributed by atoms with Crippen LogP contribution in [0, 0.1) is 6.92 Å². The van der Waals surface area contributed by atoms with Crippen molar-refractivity contribution < 1.29 is 18.0 Å². The van der Waals surface area contributed by atoms with E-state index in [4.69, 9.17) is 11.6 Å². The Bertz CT molecular complexity index is 1150. The minimum absolute atomic E-state index is 0.0689. The maximum atomic E-state index is 13.4. The number of nitrogens with one attached hydrogen (secondary N) is 2. The van der Waals surface area contributed by atoms with Crippen molar-refractivity contribution in [2.45, 2.75) is 50.9 Å². The lowest BCUT2D eigenvalue weighted by Gasteiger charge is -2.31. The number of hydrogen-bond donors (Lipinski definition) is 2. The van der Waals surface area contributed by atoms with Crippen molar-refractivity contribution in [2.24, 2.45) is 0 Å². The molecular formula is C24H23ClF3N3O. The van der Waals surface area contributed by atoms with Gasteiger partial charge in [0.2, 0.25) is 0 Å². The van der Waals surface area contributed by atoms with Gasteiger partial charge in [-0.15, -0.1) is 0 Å². The first-order valence-electron chi connectivity index (χ1n) is 10.5. The molecule has 0 radical (unpaired) electrons. The van der Waals surface area contributed by atoms with Gasteiger partial charge in [0, 0.05) is 33.7 Å². The number of rotatable bonds is 4. The molecule has 0 unspecified atom stereocenters. The number of pyridine rings is 1. The van der Waals surface area contributed by atoms with E-state index in [0.717, 1.165) is 30.9 Å². The molecule has 2 aromatic carbocycles. The van der Waals surface area contributed by atoms with Crippen molar-refractivity contribution in [3.8, 4) is 0 Å². The first-order valence-corrected chi connectivity index (χ1v) is 10.9. The van der Waals surface area contributed by atoms with Crippen LogP contribution in [-0.2, 0) is 6.18 Å². The Labute approximate surface area is 189 Å². The predicted molar refractivity (Wildman–Crippen MR) is 120 cm³/mol. The van der Waals surface area contributed by atoms with E-state index in [1.807, 2.05) is 13.0 Å². The number of carbonyl (C=O) groups excluding carboxylic acids is 1. The summed E-state index contributed by atoms with van der Waals surface area (Å²) in [5.41, 5.74) is 1.22. The van der Waals surface area contributed by atoms with Gasteiger partial charge in [-0.3, -0.25) is 4.79 Å². The number of hydrogen-bond acceptors (Lipinski definition) is 3. The van der Waals surface area contributed by atoms with Crippen LogP contribution >= 0.6 is 11.6 Å². The van der Waals surface area contributed by atoms with E-state index < -0.39 is 11.9 Å². The lowest BCUT2D eigenvalue weighted by Crippen LogP contribution is -2.41. The standard InChI is InChI=1S/C24H23ClF3N3O/c1-14-8-9-20-19(10-14)21(13-22(31-20)24(26,27)28)29-17-6-3-7-18(12-17)30-23(32)15-4-2-5-16(25)11-15/h2,4-5,8-11,13,17-18H,3,6-7,12H2,1H3,(H,29,31)(H,30,32)/t17-,18+/m0/s1. The minimum atomic E-state index is -4.53. The molecule has 4 rings (SSSR count). The Morgan fingerprint density at radius 2 is 1.88 bits per heavy atom. The average Bonchev–Trinajstić information content (AvgIpc) is 2.73. The molecule has 2 N–H and O–H groups in total. The summed E-state index contributed by atoms with van der Waals surface area (Å²) in [5.74, 6) is -0.206. The first-order chi connectivity index (χ1) is 15.2. The Morgan fingerprint density at radius 3 is 2.62 bits per heavy atom. The summed E-state index contributed by atoms with van der Waals surface area (Å²) in [7, 11) is 0. The normalized spacial score (nSPS) is 19.0. The molecule has 1 aliphatic rings. The molecule has 1 amide bonds. The molecule has 1 saturated carbocycles. The zero-order valence-corrected chi connectivity index (χ0v) is 18.2. The number of aromatic nitrogens is 1. The number of amides is 1. The quantitative estimate of drug-likeness (QED) is 0.474. The zero-order valence-electron chi connectivity index (χ0n) is 17.5. The molecule has 3 aromatic rings. The number of fused-ring (bicyclic) bond motifs is 1. The van der Waals surface area contributed by atoms with E-state index in [-0.39, 0.29) is 18.0 Å². The fourth-order valence-corrected chi connectivity index (χ4v) is 4.36. The van der Waals surface area contributed by atoms with Gasteiger partial charge in [0.05, 0.1) is 5.52 Å². The highest BCUT2D eigenvalue weighted by Crippen LogP contribution is 2.34. The molecule has 32 heavy (non-hydrogen) atoms. The lowest BCUT2D eigenvalue weighted by atomic mass is 9.90. The maximum Gasteiger partial charge on any atom is 0.433 e. The number of aryl methyl sites for hydroxylation is 1. The molecular weight excluding hydrogens is 439 g/mol. The molecule has 0 spiro atoms. The fraction of sp³-hybridized carbons (Fsp3) is 0.333. The molecule has 1 fully saturated rings. The first kappa shape index (κ1) is 22.4. The van der Waals surface area contributed by atoms with Crippen LogP contribution in [0.4, 0.5) is 18.9 Å². The second kappa shape index (κ2) is 8.98. The monoisotopic (exact) mass is 461 g/mol. The Balaban J connectivity index is 1.53. The number of anilines is 1. The third-order valence-corrected chi connectivity index (χ3v) is 5.95. The SMILES string of the molecule is Cc1ccc2nc(C(F)(F)F)cc(N[C@H]3CCC[C@@H](NC(=O)c4cccc(Cl)c4)C3)c2c1. The van der Waals surface area contributed by atoms with Crippen molar-refractivity contribution in [3.05, 3.63) is 70.4 Å². The van der Waals surface area contributed by atoms with Crippen LogP contribution in [-0.4, -0.2) is 23.0 Å². The molecule has 0 bridgehead atoms. The molecule has 168 valence electrons. The van der Waals surface area contributed by atoms with E-state index in [2.05, 4.69) is 15.6 Å². The van der Waals surface area contributed by atoms with Crippen LogP contribution in [0.3, 0.4) is 0 Å². The number of alkyl halides is 3. The van der Waals surface area contributed by atoms with E-state index in [0.29, 0.717) is 33.6 Å². The van der Waals surface area contributed by atoms with E-state index in [1.165, 1.54) is 0 Å². The van der Waals surface area contributed by atoms with Gasteiger partial charge in [-0.2, -0.15) is 13.2 Å². The summed E-state index contributed by atoms with van der Waals surface area (Å²) in [6.07, 6.45) is -1.44. The molecule has 4 nitrogen and oxygen atoms in total. The number of nitrogens with zero attached hydrogens (tertiary/aromatic N) is 1. The Hall–Kier alpha value is -2.80. The molecule has 1 heterocycles. The predicted octanol–water partition coefficient (Wildman–Crippen LogP) is 6.37. The Kier molecular flexibility index (Phi) is 6.29. The van der Waals surface area contributed by atoms with Crippen LogP contribution in [0.1, 0.15) is 47.3 Å². The van der Waals surface area contributed by atoms with Crippen LogP contribution in [0.2, 0.25) is 5.02 Å². The number of benzene rings is 2. The van der Waals surface area contributed by atoms with Gasteiger partial charge in [0.1, 0.15) is 5.69 Å². The van der Waals surface area contributed by atoms with Crippen molar-refractivity contribution in [2.75, 3.05) is 5.32 Å². The molecule has 2 atom stereocenters. The van der Waals surface area contributed by atoms with Crippen LogP contribution in [0.5, 0.6) is 0 Å². The topological polar surface area (TPSA) is 54.0 Å². The second-order valence-electron chi connectivity index (χ2n) is 8.26. The molecule has 0 saturated heterocycles. The lowest BCUT2D eigenvalue weighted by molar-refractivity contribution is -0.140. The average molecular weight is 462 g/mol. The van der Waals surface area contributed by atoms with Crippen LogP contribution in [0.25, 0.3) is 10.9 Å². The summed E-state index contributed by atoms with van der Waals surface area (Å²) in [6, 6.07) is 12.9. The van der Waals surface area contributed by atoms with Gasteiger partial charge in [-0.1, -0.05) is 29.3 Å². The van der Waals surface area contributed by atoms with Crippen molar-refractivity contribution in [1.82, 2.24) is 10.3 Å². The molecule has 1 aliphatic carbocycles. The fourth-order valence-electron chi connectivity index (χ4n) is 4.17. The van der Waals surface area contributed by atoms with E-state index in [9.17, 15) is 18.0 Å². The highest BCUT2D eigenvalue weighted by molar-refractivity contribution is 6.30. The van der Waals surface area contributed by atoms with Crippen molar-refractivity contribution in [1.29, 1.82) is 0 Å². The number of carbonyl (C=O) groups is 1. The van der Waals surface area contributed by atoms with Gasteiger partial charge < -0.3 is 10.6 Å². The summed E-state index contributed by atoms with van der Waals surface area (Å²) in [5, 5.41) is 7.48. The van der Waals surface area contributed by atoms with Gasteiger partial charge in [0.25, 0.3) is 5.91 Å². The minimum Gasteiger partial charge on any atom is -0.382 e. The molecule has 1 aromatic heterocycles. The molecule has 8 heteroatoms. The van der Waals surface area contributed by atoms with Gasteiger partial charge >= 0.3 is 6.18 Å². The summed E-state index contributed by atoms with van der Waals surface area (Å²) >= 11 is 5.97. The van der Waals surface area contributed by atoms with Crippen LogP contribution in [0.15, 0.2) is 48.5 Å². The number of halogens is 4. The van der Waals surface area contributed by atoms with Crippen molar-refractivity contribution in [3.63, 3.8) is 0 Å². The maximum absolute atomic E-state index is 13.4. The molecule has 0 aliphatic heterocycles. The summed E-state index contributed by atoms with van der Waals surface area (Å²) in [6.45, 7) is 1.89. The van der Waals surface area contributed by atoms with Gasteiger partial charge in [-0.25, -0.2) is 4.98 Å². The van der Waals surface area contributed by atoms with Gasteiger partial charge in [-0.05, 0) is 69.0 Å². The van der Waals surface area contributed by atoms with Crippen LogP contribution < -0.4 is 10.6 Å². The highest BCUT2D eigenvalue weighted by atomic mass is 35.5. The van der Waals surface area contributed by atoms with Crippen molar-refractivity contribution >= 4 is 34.1 Å². The summed E-state index contributed by atoms with van der Waals surface area (Å²) in [4.78, 5) is 16.4. The van der Waals surface area contributed by atoms with Gasteiger partial charge in [0.15, 0.2) is 0 Å². The Morgan fingerprint density at radius 1 is 1.09 bits per heavy atom. The smallest absolute Gasteiger partial charge is 0.382 e. The second-order valence-corrected chi connectivity index (χ2v) is 8.70. The zero-order chi connectivity index (χ0) is 22.9. The third-order valence-electron chi connectivity index (χ3n) is 5.71. The van der Waals surface area contributed by atoms with E-state index >= 15 is 0 Å². The summed E-state index contributed by atoms with van der Waals surface area (Å²) < 4.78 is 40.2. The largest absolute Gasteiger partial charge is 0.433 e. The highest BCUT2D eigenvalue weighted by Gasteiger charge is 2.34. The van der Waals surface area contributed by atoms with E-state index in [1.54, 1.807) is 36.4 Å².